The van der Waals surface area contributed by atoms with Crippen molar-refractivity contribution in [1.82, 2.24) is 15.2 Å². The van der Waals surface area contributed by atoms with Gasteiger partial charge in [-0.1, -0.05) is 0 Å². The Labute approximate surface area is 133 Å². The van der Waals surface area contributed by atoms with Gasteiger partial charge in [0.25, 0.3) is 0 Å². The second-order valence-corrected chi connectivity index (χ2v) is 6.55. The molecule has 22 heavy (non-hydrogen) atoms. The molecule has 2 N–H and O–H groups in total. The van der Waals surface area contributed by atoms with Gasteiger partial charge in [0.15, 0.2) is 0 Å². The SMILES string of the molecule is CN[C@H](CN1CC[C@H](O)C1)c1cc(F)cc(-c2nccs2)c1. The fourth-order valence-corrected chi connectivity index (χ4v) is 3.53. The summed E-state index contributed by atoms with van der Waals surface area (Å²) in [6, 6.07) is 5.12. The highest BCUT2D eigenvalue weighted by Crippen LogP contribution is 2.27. The van der Waals surface area contributed by atoms with Crippen molar-refractivity contribution in [3.8, 4) is 10.6 Å². The molecule has 2 atom stereocenters. The minimum absolute atomic E-state index is 0.0275. The molecule has 1 fully saturated rings. The number of thiazole rings is 1. The molecule has 2 heterocycles. The van der Waals surface area contributed by atoms with E-state index in [1.54, 1.807) is 12.3 Å². The number of nitrogens with one attached hydrogen (secondary N) is 1. The molecule has 0 radical (unpaired) electrons. The minimum Gasteiger partial charge on any atom is -0.392 e. The number of aliphatic hydroxyl groups excluding tert-OH is 1. The van der Waals surface area contributed by atoms with E-state index < -0.39 is 0 Å². The zero-order valence-electron chi connectivity index (χ0n) is 12.5. The lowest BCUT2D eigenvalue weighted by atomic mass is 10.0. The van der Waals surface area contributed by atoms with Crippen molar-refractivity contribution in [1.29, 1.82) is 0 Å². The minimum atomic E-state index is -0.246. The van der Waals surface area contributed by atoms with E-state index in [9.17, 15) is 9.50 Å². The molecule has 2 aromatic rings. The Morgan fingerprint density at radius 1 is 1.50 bits per heavy atom. The molecule has 1 aliphatic heterocycles. The Morgan fingerprint density at radius 2 is 2.36 bits per heavy atom. The maximum Gasteiger partial charge on any atom is 0.124 e. The quantitative estimate of drug-likeness (QED) is 0.887. The second-order valence-electron chi connectivity index (χ2n) is 5.65. The van der Waals surface area contributed by atoms with E-state index in [2.05, 4.69) is 15.2 Å². The van der Waals surface area contributed by atoms with Gasteiger partial charge in [0.05, 0.1) is 6.10 Å². The third-order valence-electron chi connectivity index (χ3n) is 4.04. The highest BCUT2D eigenvalue weighted by molar-refractivity contribution is 7.13. The normalized spacial score (nSPS) is 20.4. The number of likely N-dealkylation sites (N-methyl/N-ethyl adjacent to an activating group) is 1. The number of aromatic nitrogens is 1. The van der Waals surface area contributed by atoms with E-state index in [-0.39, 0.29) is 18.0 Å². The molecule has 1 saturated heterocycles. The smallest absolute Gasteiger partial charge is 0.124 e. The summed E-state index contributed by atoms with van der Waals surface area (Å²) < 4.78 is 14.0. The molecule has 4 nitrogen and oxygen atoms in total. The van der Waals surface area contributed by atoms with Gasteiger partial charge in [0.1, 0.15) is 10.8 Å². The molecule has 0 unspecified atom stereocenters. The van der Waals surface area contributed by atoms with Crippen LogP contribution in [-0.4, -0.2) is 47.8 Å². The van der Waals surface area contributed by atoms with Crippen LogP contribution >= 0.6 is 11.3 Å². The summed E-state index contributed by atoms with van der Waals surface area (Å²) in [6.45, 7) is 2.33. The Morgan fingerprint density at radius 3 is 3.00 bits per heavy atom. The van der Waals surface area contributed by atoms with Crippen molar-refractivity contribution < 1.29 is 9.50 Å². The molecule has 0 saturated carbocycles. The number of β-amino-alcohol motifs (C(OH)–C–C–N with tert-alkyl or cyclic N) is 1. The van der Waals surface area contributed by atoms with Crippen molar-refractivity contribution in [2.24, 2.45) is 0 Å². The van der Waals surface area contributed by atoms with Crippen LogP contribution in [0.2, 0.25) is 0 Å². The average Bonchev–Trinajstić information content (AvgIpc) is 3.15. The zero-order valence-corrected chi connectivity index (χ0v) is 13.3. The monoisotopic (exact) mass is 321 g/mol. The number of hydrogen-bond donors (Lipinski definition) is 2. The first kappa shape index (κ1) is 15.6. The predicted molar refractivity (Wildman–Crippen MR) is 86.4 cm³/mol. The lowest BCUT2D eigenvalue weighted by Crippen LogP contribution is -2.33. The largest absolute Gasteiger partial charge is 0.392 e. The van der Waals surface area contributed by atoms with Gasteiger partial charge in [-0.2, -0.15) is 0 Å². The highest BCUT2D eigenvalue weighted by atomic mass is 32.1. The van der Waals surface area contributed by atoms with Crippen LogP contribution in [0.5, 0.6) is 0 Å². The standard InChI is InChI=1S/C16H20FN3OS/c1-18-15(10-20-4-2-14(21)9-20)11-6-12(8-13(17)7-11)16-19-3-5-22-16/h3,5-8,14-15,18,21H,2,4,9-10H2,1H3/t14-,15+/m0/s1. The number of nitrogens with zero attached hydrogens (tertiary/aromatic N) is 2. The first-order valence-corrected chi connectivity index (χ1v) is 8.31. The number of likely N-dealkylation sites (tertiary alicyclic amines) is 1. The topological polar surface area (TPSA) is 48.4 Å². The molecule has 3 rings (SSSR count). The molecule has 1 aliphatic rings. The third kappa shape index (κ3) is 3.52. The van der Waals surface area contributed by atoms with Crippen LogP contribution in [0.3, 0.4) is 0 Å². The van der Waals surface area contributed by atoms with Crippen LogP contribution < -0.4 is 5.32 Å². The van der Waals surface area contributed by atoms with Crippen LogP contribution in [-0.2, 0) is 0 Å². The Hall–Kier alpha value is -1.34. The van der Waals surface area contributed by atoms with E-state index in [1.165, 1.54) is 17.4 Å². The van der Waals surface area contributed by atoms with Crippen LogP contribution in [0.15, 0.2) is 29.8 Å². The predicted octanol–water partition coefficient (Wildman–Crippen LogP) is 2.28. The third-order valence-corrected chi connectivity index (χ3v) is 4.86. The van der Waals surface area contributed by atoms with Crippen molar-refractivity contribution in [2.45, 2.75) is 18.6 Å². The summed E-state index contributed by atoms with van der Waals surface area (Å²) in [5, 5.41) is 15.6. The lowest BCUT2D eigenvalue weighted by molar-refractivity contribution is 0.173. The van der Waals surface area contributed by atoms with Gasteiger partial charge in [-0.05, 0) is 37.2 Å². The average molecular weight is 321 g/mol. The molecule has 0 spiro atoms. The van der Waals surface area contributed by atoms with Gasteiger partial charge < -0.3 is 10.4 Å². The van der Waals surface area contributed by atoms with Crippen molar-refractivity contribution in [3.63, 3.8) is 0 Å². The number of benzene rings is 1. The van der Waals surface area contributed by atoms with E-state index in [4.69, 9.17) is 0 Å². The maximum absolute atomic E-state index is 14.0. The fourth-order valence-electron chi connectivity index (χ4n) is 2.90. The number of aliphatic hydroxyl groups is 1. The van der Waals surface area contributed by atoms with Crippen LogP contribution in [0.1, 0.15) is 18.0 Å². The highest BCUT2D eigenvalue weighted by Gasteiger charge is 2.23. The molecule has 6 heteroatoms. The molecular weight excluding hydrogens is 301 g/mol. The van der Waals surface area contributed by atoms with Crippen LogP contribution in [0.25, 0.3) is 10.6 Å². The summed E-state index contributed by atoms with van der Waals surface area (Å²) in [4.78, 5) is 6.46. The zero-order chi connectivity index (χ0) is 15.5. The van der Waals surface area contributed by atoms with Crippen LogP contribution in [0.4, 0.5) is 4.39 Å². The van der Waals surface area contributed by atoms with Gasteiger partial charge >= 0.3 is 0 Å². The molecular formula is C16H20FN3OS. The summed E-state index contributed by atoms with van der Waals surface area (Å²) in [5.41, 5.74) is 1.72. The summed E-state index contributed by atoms with van der Waals surface area (Å²) in [5.74, 6) is -0.246. The summed E-state index contributed by atoms with van der Waals surface area (Å²) in [7, 11) is 1.88. The van der Waals surface area contributed by atoms with Crippen molar-refractivity contribution >= 4 is 11.3 Å². The van der Waals surface area contributed by atoms with Gasteiger partial charge in [-0.15, -0.1) is 11.3 Å². The summed E-state index contributed by atoms with van der Waals surface area (Å²) >= 11 is 1.50. The van der Waals surface area contributed by atoms with Crippen molar-refractivity contribution in [2.75, 3.05) is 26.7 Å². The molecule has 1 aromatic heterocycles. The molecule has 0 bridgehead atoms. The van der Waals surface area contributed by atoms with Gasteiger partial charge in [-0.3, -0.25) is 4.90 Å². The number of hydrogen-bond acceptors (Lipinski definition) is 5. The molecule has 1 aromatic carbocycles. The first-order valence-electron chi connectivity index (χ1n) is 7.43. The Kier molecular flexibility index (Phi) is 4.83. The Balaban J connectivity index is 1.82. The van der Waals surface area contributed by atoms with Crippen LogP contribution in [0, 0.1) is 5.82 Å². The fraction of sp³-hybridized carbons (Fsp3) is 0.438. The van der Waals surface area contributed by atoms with Gasteiger partial charge in [0.2, 0.25) is 0 Å². The van der Waals surface area contributed by atoms with E-state index >= 15 is 0 Å². The second kappa shape index (κ2) is 6.83. The van der Waals surface area contributed by atoms with Gasteiger partial charge in [-0.25, -0.2) is 9.37 Å². The lowest BCUT2D eigenvalue weighted by Gasteiger charge is -2.24. The number of halogens is 1. The molecule has 0 aliphatic carbocycles. The molecule has 118 valence electrons. The maximum atomic E-state index is 14.0. The van der Waals surface area contributed by atoms with E-state index in [0.717, 1.165) is 35.6 Å². The van der Waals surface area contributed by atoms with E-state index in [0.29, 0.717) is 6.54 Å². The van der Waals surface area contributed by atoms with E-state index in [1.807, 2.05) is 18.5 Å². The summed E-state index contributed by atoms with van der Waals surface area (Å²) in [6.07, 6.45) is 2.30. The molecule has 0 amide bonds. The first-order chi connectivity index (χ1) is 10.7. The van der Waals surface area contributed by atoms with Gasteiger partial charge in [0, 0.05) is 42.8 Å². The Bertz CT molecular complexity index is 620. The number of rotatable bonds is 5. The van der Waals surface area contributed by atoms with Crippen molar-refractivity contribution in [3.05, 3.63) is 41.2 Å².